The molecule has 0 aliphatic carbocycles. The summed E-state index contributed by atoms with van der Waals surface area (Å²) in [5, 5.41) is 4.95. The number of pyridine rings is 1. The monoisotopic (exact) mass is 393 g/mol. The summed E-state index contributed by atoms with van der Waals surface area (Å²) >= 11 is 0. The first-order valence-electron chi connectivity index (χ1n) is 9.63. The van der Waals surface area contributed by atoms with Crippen LogP contribution in [0.3, 0.4) is 0 Å². The molecule has 1 fully saturated rings. The van der Waals surface area contributed by atoms with E-state index in [0.717, 1.165) is 44.0 Å². The van der Waals surface area contributed by atoms with Crippen molar-refractivity contribution in [3.05, 3.63) is 65.1 Å². The van der Waals surface area contributed by atoms with Gasteiger partial charge in [0.05, 0.1) is 30.3 Å². The fourth-order valence-electron chi connectivity index (χ4n) is 3.74. The molecule has 3 aromatic heterocycles. The molecule has 0 atom stereocenters. The van der Waals surface area contributed by atoms with E-state index in [1.807, 2.05) is 12.3 Å². The molecule has 0 N–H and O–H groups in total. The molecule has 7 nitrogen and oxygen atoms in total. The van der Waals surface area contributed by atoms with Gasteiger partial charge < -0.3 is 9.30 Å². The Morgan fingerprint density at radius 1 is 1.03 bits per heavy atom. The van der Waals surface area contributed by atoms with Gasteiger partial charge in [-0.25, -0.2) is 13.9 Å². The van der Waals surface area contributed by atoms with Crippen molar-refractivity contribution in [1.29, 1.82) is 0 Å². The van der Waals surface area contributed by atoms with Crippen LogP contribution in [0.25, 0.3) is 27.7 Å². The van der Waals surface area contributed by atoms with Gasteiger partial charge in [-0.15, -0.1) is 0 Å². The predicted molar refractivity (Wildman–Crippen MR) is 107 cm³/mol. The molecule has 29 heavy (non-hydrogen) atoms. The Bertz CT molecular complexity index is 1230. The van der Waals surface area contributed by atoms with Crippen LogP contribution < -0.4 is 5.56 Å². The molecule has 1 aliphatic rings. The van der Waals surface area contributed by atoms with Gasteiger partial charge in [-0.05, 0) is 23.8 Å². The highest BCUT2D eigenvalue weighted by molar-refractivity contribution is 5.84. The Kier molecular flexibility index (Phi) is 4.57. The Morgan fingerprint density at radius 3 is 2.62 bits per heavy atom. The van der Waals surface area contributed by atoms with Gasteiger partial charge >= 0.3 is 0 Å². The maximum absolute atomic E-state index is 13.2. The molecular formula is C21H20FN5O2. The van der Waals surface area contributed by atoms with E-state index < -0.39 is 0 Å². The lowest BCUT2D eigenvalue weighted by atomic mass is 10.1. The van der Waals surface area contributed by atoms with Crippen molar-refractivity contribution in [3.8, 4) is 11.1 Å². The maximum Gasteiger partial charge on any atom is 0.261 e. The smallest absolute Gasteiger partial charge is 0.261 e. The van der Waals surface area contributed by atoms with Gasteiger partial charge in [0.25, 0.3) is 5.56 Å². The molecule has 0 unspecified atom stereocenters. The second kappa shape index (κ2) is 7.38. The molecule has 1 aliphatic heterocycles. The van der Waals surface area contributed by atoms with Crippen LogP contribution in [0.1, 0.15) is 0 Å². The minimum absolute atomic E-state index is 0.0796. The minimum atomic E-state index is -0.290. The van der Waals surface area contributed by atoms with Crippen molar-refractivity contribution in [2.24, 2.45) is 0 Å². The fraction of sp³-hybridized carbons (Fsp3) is 0.286. The number of morpholine rings is 1. The third-order valence-electron chi connectivity index (χ3n) is 5.38. The lowest BCUT2D eigenvalue weighted by Crippen LogP contribution is -2.39. The molecule has 0 amide bonds. The van der Waals surface area contributed by atoms with Gasteiger partial charge in [-0.2, -0.15) is 5.10 Å². The first kappa shape index (κ1) is 18.0. The molecule has 8 heteroatoms. The molecular weight excluding hydrogens is 373 g/mol. The Morgan fingerprint density at radius 2 is 1.83 bits per heavy atom. The fourth-order valence-corrected chi connectivity index (χ4v) is 3.74. The van der Waals surface area contributed by atoms with Gasteiger partial charge in [0.1, 0.15) is 5.82 Å². The second-order valence-corrected chi connectivity index (χ2v) is 7.13. The van der Waals surface area contributed by atoms with Crippen molar-refractivity contribution < 1.29 is 9.13 Å². The zero-order valence-electron chi connectivity index (χ0n) is 15.8. The van der Waals surface area contributed by atoms with E-state index in [1.165, 1.54) is 12.1 Å². The summed E-state index contributed by atoms with van der Waals surface area (Å²) in [6.45, 7) is 4.69. The molecule has 4 heterocycles. The number of ether oxygens (including phenoxy) is 1. The summed E-state index contributed by atoms with van der Waals surface area (Å²) in [7, 11) is 0. The lowest BCUT2D eigenvalue weighted by molar-refractivity contribution is 0.0363. The van der Waals surface area contributed by atoms with E-state index in [1.54, 1.807) is 33.6 Å². The first-order chi connectivity index (χ1) is 14.2. The van der Waals surface area contributed by atoms with Gasteiger partial charge in [0.15, 0.2) is 5.65 Å². The number of hydrogen-bond donors (Lipinski definition) is 0. The van der Waals surface area contributed by atoms with Crippen LogP contribution in [0.4, 0.5) is 4.39 Å². The van der Waals surface area contributed by atoms with Crippen molar-refractivity contribution in [2.75, 3.05) is 32.8 Å². The van der Waals surface area contributed by atoms with Crippen LogP contribution >= 0.6 is 0 Å². The number of aromatic nitrogens is 4. The average Bonchev–Trinajstić information content (AvgIpc) is 3.19. The Hall–Kier alpha value is -3.10. The molecule has 1 aromatic carbocycles. The molecule has 5 rings (SSSR count). The molecule has 1 saturated heterocycles. The van der Waals surface area contributed by atoms with E-state index in [-0.39, 0.29) is 11.4 Å². The summed E-state index contributed by atoms with van der Waals surface area (Å²) in [6, 6.07) is 8.11. The zero-order valence-corrected chi connectivity index (χ0v) is 15.8. The van der Waals surface area contributed by atoms with E-state index in [4.69, 9.17) is 4.74 Å². The Labute approximate surface area is 166 Å². The largest absolute Gasteiger partial charge is 0.379 e. The van der Waals surface area contributed by atoms with E-state index in [0.29, 0.717) is 23.1 Å². The van der Waals surface area contributed by atoms with Gasteiger partial charge in [-0.1, -0.05) is 12.1 Å². The number of benzene rings is 1. The average molecular weight is 393 g/mol. The number of nitrogens with zero attached hydrogens (tertiary/aromatic N) is 5. The molecule has 0 spiro atoms. The van der Waals surface area contributed by atoms with Crippen molar-refractivity contribution >= 4 is 16.6 Å². The lowest BCUT2D eigenvalue weighted by Gasteiger charge is -2.26. The predicted octanol–water partition coefficient (Wildman–Crippen LogP) is 2.18. The molecule has 0 saturated carbocycles. The van der Waals surface area contributed by atoms with E-state index in [9.17, 15) is 9.18 Å². The summed E-state index contributed by atoms with van der Waals surface area (Å²) in [5.41, 5.74) is 2.88. The highest BCUT2D eigenvalue weighted by atomic mass is 19.1. The molecule has 0 bridgehead atoms. The van der Waals surface area contributed by atoms with Crippen molar-refractivity contribution in [1.82, 2.24) is 24.1 Å². The highest BCUT2D eigenvalue weighted by Crippen LogP contribution is 2.25. The third kappa shape index (κ3) is 3.30. The second-order valence-electron chi connectivity index (χ2n) is 7.13. The standard InChI is InChI=1S/C21H20FN5O2/c22-16-3-1-15(2-4-16)17-14-24-27-19-5-6-26(8-7-25-9-11-29-12-10-25)21(28)18(19)13-23-20(17)27/h1-6,13-14H,7-12H2. The number of hydrogen-bond acceptors (Lipinski definition) is 5. The van der Waals surface area contributed by atoms with Crippen LogP contribution in [-0.4, -0.2) is 56.9 Å². The SMILES string of the molecule is O=c1c2cnc3c(-c4ccc(F)cc4)cnn3c2ccn1CCN1CCOCC1. The topological polar surface area (TPSA) is 64.7 Å². The first-order valence-corrected chi connectivity index (χ1v) is 9.63. The quantitative estimate of drug-likeness (QED) is 0.532. The van der Waals surface area contributed by atoms with Crippen molar-refractivity contribution in [2.45, 2.75) is 6.54 Å². The van der Waals surface area contributed by atoms with Crippen LogP contribution in [0, 0.1) is 5.82 Å². The number of fused-ring (bicyclic) bond motifs is 3. The number of rotatable bonds is 4. The number of halogens is 1. The van der Waals surface area contributed by atoms with E-state index >= 15 is 0 Å². The normalized spacial score (nSPS) is 15.3. The van der Waals surface area contributed by atoms with Crippen LogP contribution in [0.5, 0.6) is 0 Å². The van der Waals surface area contributed by atoms with Gasteiger partial charge in [0.2, 0.25) is 0 Å². The van der Waals surface area contributed by atoms with Crippen LogP contribution in [0.15, 0.2) is 53.7 Å². The summed E-state index contributed by atoms with van der Waals surface area (Å²) in [5.74, 6) is -0.290. The molecule has 148 valence electrons. The summed E-state index contributed by atoms with van der Waals surface area (Å²) in [6.07, 6.45) is 5.11. The minimum Gasteiger partial charge on any atom is -0.379 e. The third-order valence-corrected chi connectivity index (χ3v) is 5.38. The summed E-state index contributed by atoms with van der Waals surface area (Å²) in [4.78, 5) is 19.7. The molecule has 0 radical (unpaired) electrons. The van der Waals surface area contributed by atoms with Crippen LogP contribution in [-0.2, 0) is 11.3 Å². The molecule has 4 aromatic rings. The zero-order chi connectivity index (χ0) is 19.8. The van der Waals surface area contributed by atoms with Gasteiger partial charge in [-0.3, -0.25) is 9.69 Å². The van der Waals surface area contributed by atoms with E-state index in [2.05, 4.69) is 15.0 Å². The van der Waals surface area contributed by atoms with Gasteiger partial charge in [0, 0.05) is 44.1 Å². The maximum atomic E-state index is 13.2. The van der Waals surface area contributed by atoms with Crippen LogP contribution in [0.2, 0.25) is 0 Å². The highest BCUT2D eigenvalue weighted by Gasteiger charge is 2.14. The van der Waals surface area contributed by atoms with Crippen molar-refractivity contribution in [3.63, 3.8) is 0 Å². The summed E-state index contributed by atoms with van der Waals surface area (Å²) < 4.78 is 22.0. The Balaban J connectivity index is 1.50.